The molecular formula is C19H20F2N2O3. The van der Waals surface area contributed by atoms with E-state index >= 15 is 0 Å². The van der Waals surface area contributed by atoms with Crippen molar-refractivity contribution in [2.45, 2.75) is 32.0 Å². The highest BCUT2D eigenvalue weighted by molar-refractivity contribution is 5.32. The molecule has 0 amide bonds. The number of nitrogens with zero attached hydrogens (tertiary/aromatic N) is 2. The number of nitro benzene ring substituents is 1. The summed E-state index contributed by atoms with van der Waals surface area (Å²) in [5.41, 5.74) is 1.63. The molecule has 1 fully saturated rings. The quantitative estimate of drug-likeness (QED) is 0.551. The molecule has 1 unspecified atom stereocenters. The van der Waals surface area contributed by atoms with Gasteiger partial charge in [-0.25, -0.2) is 8.78 Å². The maximum Gasteiger partial charge on any atom is 0.269 e. The Morgan fingerprint density at radius 2 is 1.77 bits per heavy atom. The second-order valence-electron chi connectivity index (χ2n) is 6.48. The monoisotopic (exact) mass is 362 g/mol. The zero-order valence-electron chi connectivity index (χ0n) is 14.2. The average molecular weight is 362 g/mol. The van der Waals surface area contributed by atoms with Crippen molar-refractivity contribution in [1.82, 2.24) is 4.90 Å². The molecule has 1 saturated heterocycles. The Labute approximate surface area is 150 Å². The van der Waals surface area contributed by atoms with Crippen LogP contribution in [0.3, 0.4) is 0 Å². The van der Waals surface area contributed by atoms with E-state index in [-0.39, 0.29) is 11.8 Å². The molecule has 26 heavy (non-hydrogen) atoms. The zero-order valence-corrected chi connectivity index (χ0v) is 14.2. The minimum atomic E-state index is -0.866. The van der Waals surface area contributed by atoms with Crippen LogP contribution in [0.1, 0.15) is 24.0 Å². The molecule has 2 aromatic rings. The normalized spacial score (nSPS) is 17.0. The molecule has 1 heterocycles. The Morgan fingerprint density at radius 1 is 1.08 bits per heavy atom. The van der Waals surface area contributed by atoms with Gasteiger partial charge in [0.25, 0.3) is 5.69 Å². The van der Waals surface area contributed by atoms with Crippen molar-refractivity contribution in [3.8, 4) is 0 Å². The molecule has 7 heteroatoms. The first kappa shape index (κ1) is 18.4. The van der Waals surface area contributed by atoms with E-state index < -0.39 is 16.6 Å². The van der Waals surface area contributed by atoms with Gasteiger partial charge in [-0.05, 0) is 36.1 Å². The Balaban J connectivity index is 1.73. The van der Waals surface area contributed by atoms with Gasteiger partial charge in [-0.15, -0.1) is 0 Å². The van der Waals surface area contributed by atoms with Crippen LogP contribution in [0.2, 0.25) is 0 Å². The number of hydrogen-bond donors (Lipinski definition) is 0. The molecule has 5 nitrogen and oxygen atoms in total. The van der Waals surface area contributed by atoms with Gasteiger partial charge < -0.3 is 4.74 Å². The van der Waals surface area contributed by atoms with Gasteiger partial charge in [0.15, 0.2) is 11.6 Å². The van der Waals surface area contributed by atoms with Crippen LogP contribution in [0.4, 0.5) is 14.5 Å². The van der Waals surface area contributed by atoms with E-state index in [9.17, 15) is 18.9 Å². The molecule has 0 N–H and O–H groups in total. The van der Waals surface area contributed by atoms with Crippen molar-refractivity contribution in [1.29, 1.82) is 0 Å². The van der Waals surface area contributed by atoms with Crippen LogP contribution in [-0.4, -0.2) is 29.1 Å². The number of non-ortho nitro benzene ring substituents is 1. The number of nitro groups is 1. The average Bonchev–Trinajstić information content (AvgIpc) is 3.11. The fraction of sp³-hybridized carbons (Fsp3) is 0.368. The van der Waals surface area contributed by atoms with Crippen LogP contribution in [0, 0.1) is 21.7 Å². The molecule has 0 bridgehead atoms. The van der Waals surface area contributed by atoms with Gasteiger partial charge in [-0.3, -0.25) is 15.0 Å². The summed E-state index contributed by atoms with van der Waals surface area (Å²) in [6.45, 7) is 2.38. The van der Waals surface area contributed by atoms with E-state index in [1.165, 1.54) is 18.2 Å². The van der Waals surface area contributed by atoms with Crippen molar-refractivity contribution < 1.29 is 18.4 Å². The zero-order chi connectivity index (χ0) is 18.5. The van der Waals surface area contributed by atoms with Crippen LogP contribution >= 0.6 is 0 Å². The third-order valence-corrected chi connectivity index (χ3v) is 4.43. The van der Waals surface area contributed by atoms with Gasteiger partial charge in [0.05, 0.1) is 11.0 Å². The van der Waals surface area contributed by atoms with Gasteiger partial charge in [0.2, 0.25) is 0 Å². The van der Waals surface area contributed by atoms with Crippen molar-refractivity contribution in [3.63, 3.8) is 0 Å². The Kier molecular flexibility index (Phi) is 5.90. The highest BCUT2D eigenvalue weighted by Crippen LogP contribution is 2.19. The second kappa shape index (κ2) is 8.33. The number of hydrogen-bond acceptors (Lipinski definition) is 4. The summed E-state index contributed by atoms with van der Waals surface area (Å²) in [6, 6.07) is 10.3. The second-order valence-corrected chi connectivity index (χ2v) is 6.48. The molecule has 0 radical (unpaired) electrons. The first-order chi connectivity index (χ1) is 12.5. The molecule has 138 valence electrons. The molecule has 0 spiro atoms. The summed E-state index contributed by atoms with van der Waals surface area (Å²) in [4.78, 5) is 12.4. The lowest BCUT2D eigenvalue weighted by Crippen LogP contribution is -2.31. The van der Waals surface area contributed by atoms with E-state index in [0.717, 1.165) is 31.1 Å². The summed E-state index contributed by atoms with van der Waals surface area (Å²) < 4.78 is 32.3. The molecule has 1 aliphatic heterocycles. The van der Waals surface area contributed by atoms with Gasteiger partial charge in [-0.2, -0.15) is 0 Å². The third-order valence-electron chi connectivity index (χ3n) is 4.43. The van der Waals surface area contributed by atoms with E-state index in [2.05, 4.69) is 4.90 Å². The van der Waals surface area contributed by atoms with Crippen LogP contribution < -0.4 is 0 Å². The topological polar surface area (TPSA) is 55.6 Å². The summed E-state index contributed by atoms with van der Waals surface area (Å²) in [7, 11) is 0. The molecular weight excluding hydrogens is 342 g/mol. The largest absolute Gasteiger partial charge is 0.377 e. The molecule has 3 rings (SSSR count). The van der Waals surface area contributed by atoms with Crippen LogP contribution in [0.5, 0.6) is 0 Å². The molecule has 2 aromatic carbocycles. The molecule has 0 aliphatic carbocycles. The third kappa shape index (κ3) is 4.83. The smallest absolute Gasteiger partial charge is 0.269 e. The van der Waals surface area contributed by atoms with Crippen LogP contribution in [0.25, 0.3) is 0 Å². The number of ether oxygens (including phenoxy) is 1. The first-order valence-electron chi connectivity index (χ1n) is 8.52. The predicted molar refractivity (Wildman–Crippen MR) is 92.5 cm³/mol. The summed E-state index contributed by atoms with van der Waals surface area (Å²) in [5, 5.41) is 10.8. The van der Waals surface area contributed by atoms with E-state index in [0.29, 0.717) is 25.2 Å². The number of rotatable bonds is 7. The predicted octanol–water partition coefficient (Wildman–Crippen LogP) is 4.05. The first-order valence-corrected chi connectivity index (χ1v) is 8.52. The standard InChI is InChI=1S/C19H20F2N2O3/c20-18-8-5-15(10-19(18)21)12-22(13-17-2-1-9-26-17)11-14-3-6-16(7-4-14)23(24)25/h3-8,10,17H,1-2,9,11-13H2. The van der Waals surface area contributed by atoms with Crippen molar-refractivity contribution in [2.75, 3.05) is 13.2 Å². The Bertz CT molecular complexity index is 762. The summed E-state index contributed by atoms with van der Waals surface area (Å²) >= 11 is 0. The maximum absolute atomic E-state index is 13.5. The van der Waals surface area contributed by atoms with Crippen molar-refractivity contribution in [3.05, 3.63) is 75.3 Å². The van der Waals surface area contributed by atoms with Crippen LogP contribution in [-0.2, 0) is 17.8 Å². The highest BCUT2D eigenvalue weighted by atomic mass is 19.2. The minimum Gasteiger partial charge on any atom is -0.377 e. The van der Waals surface area contributed by atoms with E-state index in [1.807, 2.05) is 0 Å². The SMILES string of the molecule is O=[N+]([O-])c1ccc(CN(Cc2ccc(F)c(F)c2)CC2CCCO2)cc1. The molecule has 0 saturated carbocycles. The lowest BCUT2D eigenvalue weighted by molar-refractivity contribution is -0.384. The van der Waals surface area contributed by atoms with E-state index in [1.54, 1.807) is 18.2 Å². The fourth-order valence-corrected chi connectivity index (χ4v) is 3.14. The Morgan fingerprint density at radius 3 is 2.38 bits per heavy atom. The highest BCUT2D eigenvalue weighted by Gasteiger charge is 2.20. The fourth-order valence-electron chi connectivity index (χ4n) is 3.14. The van der Waals surface area contributed by atoms with E-state index in [4.69, 9.17) is 4.74 Å². The van der Waals surface area contributed by atoms with Crippen molar-refractivity contribution in [2.24, 2.45) is 0 Å². The lowest BCUT2D eigenvalue weighted by Gasteiger charge is -2.25. The van der Waals surface area contributed by atoms with Gasteiger partial charge in [0.1, 0.15) is 0 Å². The summed E-state index contributed by atoms with van der Waals surface area (Å²) in [6.07, 6.45) is 2.09. The van der Waals surface area contributed by atoms with Gasteiger partial charge in [-0.1, -0.05) is 18.2 Å². The maximum atomic E-state index is 13.5. The number of halogens is 2. The van der Waals surface area contributed by atoms with Crippen LogP contribution in [0.15, 0.2) is 42.5 Å². The Hall–Kier alpha value is -2.38. The lowest BCUT2D eigenvalue weighted by atomic mass is 10.1. The van der Waals surface area contributed by atoms with Gasteiger partial charge >= 0.3 is 0 Å². The molecule has 1 aliphatic rings. The molecule has 1 atom stereocenters. The minimum absolute atomic E-state index is 0.0417. The summed E-state index contributed by atoms with van der Waals surface area (Å²) in [5.74, 6) is -1.73. The molecule has 0 aromatic heterocycles. The van der Waals surface area contributed by atoms with Crippen molar-refractivity contribution >= 4 is 5.69 Å². The number of benzene rings is 2. The van der Waals surface area contributed by atoms with Gasteiger partial charge in [0, 0.05) is 38.4 Å².